The van der Waals surface area contributed by atoms with E-state index in [-0.39, 0.29) is 5.54 Å². The molecule has 2 rings (SSSR count). The Morgan fingerprint density at radius 2 is 1.69 bits per heavy atom. The summed E-state index contributed by atoms with van der Waals surface area (Å²) in [5.41, 5.74) is 8.03. The van der Waals surface area contributed by atoms with Crippen LogP contribution < -0.4 is 5.73 Å². The fraction of sp³-hybridized carbons (Fsp3) is 0.600. The van der Waals surface area contributed by atoms with Gasteiger partial charge in [0.2, 0.25) is 0 Å². The van der Waals surface area contributed by atoms with Crippen LogP contribution >= 0.6 is 0 Å². The third kappa shape index (κ3) is 3.34. The lowest BCUT2D eigenvalue weighted by Crippen LogP contribution is -2.41. The van der Waals surface area contributed by atoms with E-state index in [0.717, 1.165) is 0 Å². The van der Waals surface area contributed by atoms with Crippen molar-refractivity contribution in [3.8, 4) is 0 Å². The molecule has 0 saturated heterocycles. The first-order valence-electron chi connectivity index (χ1n) is 6.61. The standard InChI is InChI=1S/C15H23N/c16-15(11-5-2-6-12-15)13-7-10-14-8-3-1-4-9-14/h1,3-4,8-9H,2,5-7,10-13,16H2. The molecular formula is C15H23N. The van der Waals surface area contributed by atoms with Crippen molar-refractivity contribution in [3.63, 3.8) is 0 Å². The summed E-state index contributed by atoms with van der Waals surface area (Å²) in [6.07, 6.45) is 10.1. The lowest BCUT2D eigenvalue weighted by Gasteiger charge is -2.33. The molecule has 1 aliphatic carbocycles. The summed E-state index contributed by atoms with van der Waals surface area (Å²) < 4.78 is 0. The molecule has 1 aromatic rings. The van der Waals surface area contributed by atoms with Crippen molar-refractivity contribution >= 4 is 0 Å². The average molecular weight is 217 g/mol. The van der Waals surface area contributed by atoms with E-state index in [0.29, 0.717) is 0 Å². The van der Waals surface area contributed by atoms with Crippen LogP contribution in [0.25, 0.3) is 0 Å². The zero-order valence-electron chi connectivity index (χ0n) is 10.1. The highest BCUT2D eigenvalue weighted by Gasteiger charge is 2.26. The molecule has 0 radical (unpaired) electrons. The Morgan fingerprint density at radius 1 is 1.00 bits per heavy atom. The van der Waals surface area contributed by atoms with Crippen molar-refractivity contribution < 1.29 is 0 Å². The molecule has 1 heteroatoms. The number of nitrogens with two attached hydrogens (primary N) is 1. The molecule has 0 aliphatic heterocycles. The van der Waals surface area contributed by atoms with Crippen molar-refractivity contribution in [2.75, 3.05) is 0 Å². The molecule has 1 aromatic carbocycles. The summed E-state index contributed by atoms with van der Waals surface area (Å²) in [5, 5.41) is 0. The summed E-state index contributed by atoms with van der Waals surface area (Å²) in [6.45, 7) is 0. The van der Waals surface area contributed by atoms with Gasteiger partial charge in [-0.2, -0.15) is 0 Å². The second kappa shape index (κ2) is 5.49. The minimum atomic E-state index is 0.160. The molecule has 0 aromatic heterocycles. The van der Waals surface area contributed by atoms with Gasteiger partial charge < -0.3 is 5.73 Å². The molecule has 0 heterocycles. The van der Waals surface area contributed by atoms with Crippen LogP contribution in [0.3, 0.4) is 0 Å². The van der Waals surface area contributed by atoms with E-state index in [2.05, 4.69) is 30.3 Å². The molecule has 0 amide bonds. The Balaban J connectivity index is 1.75. The van der Waals surface area contributed by atoms with E-state index in [9.17, 15) is 0 Å². The third-order valence-corrected chi connectivity index (χ3v) is 3.83. The highest BCUT2D eigenvalue weighted by atomic mass is 14.7. The van der Waals surface area contributed by atoms with Crippen LogP contribution in [0.5, 0.6) is 0 Å². The lowest BCUT2D eigenvalue weighted by molar-refractivity contribution is 0.273. The van der Waals surface area contributed by atoms with Gasteiger partial charge in [-0.05, 0) is 37.7 Å². The fourth-order valence-corrected chi connectivity index (χ4v) is 2.80. The van der Waals surface area contributed by atoms with Crippen LogP contribution in [0.4, 0.5) is 0 Å². The van der Waals surface area contributed by atoms with Crippen LogP contribution in [0, 0.1) is 0 Å². The molecule has 2 N–H and O–H groups in total. The van der Waals surface area contributed by atoms with Crippen molar-refractivity contribution in [1.82, 2.24) is 0 Å². The van der Waals surface area contributed by atoms with Crippen molar-refractivity contribution in [1.29, 1.82) is 0 Å². The van der Waals surface area contributed by atoms with Gasteiger partial charge in [-0.3, -0.25) is 0 Å². The summed E-state index contributed by atoms with van der Waals surface area (Å²) in [6, 6.07) is 10.7. The maximum Gasteiger partial charge on any atom is 0.0154 e. The Hall–Kier alpha value is -0.820. The quantitative estimate of drug-likeness (QED) is 0.818. The first-order valence-corrected chi connectivity index (χ1v) is 6.61. The summed E-state index contributed by atoms with van der Waals surface area (Å²) in [5.74, 6) is 0. The Labute approximate surface area is 99.0 Å². The summed E-state index contributed by atoms with van der Waals surface area (Å²) in [7, 11) is 0. The van der Waals surface area contributed by atoms with Gasteiger partial charge in [0.25, 0.3) is 0 Å². The normalized spacial score (nSPS) is 19.6. The van der Waals surface area contributed by atoms with E-state index in [4.69, 9.17) is 5.73 Å². The highest BCUT2D eigenvalue weighted by molar-refractivity contribution is 5.14. The molecule has 88 valence electrons. The molecule has 16 heavy (non-hydrogen) atoms. The molecule has 0 spiro atoms. The predicted octanol–water partition coefficient (Wildman–Crippen LogP) is 3.67. The molecule has 1 saturated carbocycles. The van der Waals surface area contributed by atoms with E-state index in [1.54, 1.807) is 0 Å². The number of benzene rings is 1. The molecular weight excluding hydrogens is 194 g/mol. The van der Waals surface area contributed by atoms with Crippen LogP contribution in [-0.4, -0.2) is 5.54 Å². The van der Waals surface area contributed by atoms with Crippen LogP contribution in [0.2, 0.25) is 0 Å². The largest absolute Gasteiger partial charge is 0.325 e. The Morgan fingerprint density at radius 3 is 2.38 bits per heavy atom. The van der Waals surface area contributed by atoms with Gasteiger partial charge in [0.05, 0.1) is 0 Å². The average Bonchev–Trinajstić information content (AvgIpc) is 2.31. The summed E-state index contributed by atoms with van der Waals surface area (Å²) in [4.78, 5) is 0. The molecule has 0 atom stereocenters. The SMILES string of the molecule is NC1(CCCc2ccccc2)CCCCC1. The van der Waals surface area contributed by atoms with E-state index in [1.807, 2.05) is 0 Å². The zero-order chi connectivity index (χ0) is 11.3. The molecule has 0 bridgehead atoms. The maximum atomic E-state index is 6.42. The van der Waals surface area contributed by atoms with E-state index >= 15 is 0 Å². The first kappa shape index (κ1) is 11.7. The number of hydrogen-bond donors (Lipinski definition) is 1. The predicted molar refractivity (Wildman–Crippen MR) is 69.4 cm³/mol. The van der Waals surface area contributed by atoms with Crippen molar-refractivity contribution in [2.24, 2.45) is 5.73 Å². The monoisotopic (exact) mass is 217 g/mol. The minimum absolute atomic E-state index is 0.160. The Kier molecular flexibility index (Phi) is 4.00. The summed E-state index contributed by atoms with van der Waals surface area (Å²) >= 11 is 0. The van der Waals surface area contributed by atoms with Gasteiger partial charge in [-0.15, -0.1) is 0 Å². The van der Waals surface area contributed by atoms with E-state index < -0.39 is 0 Å². The number of aryl methyl sites for hydroxylation is 1. The van der Waals surface area contributed by atoms with E-state index in [1.165, 1.54) is 56.9 Å². The smallest absolute Gasteiger partial charge is 0.0154 e. The first-order chi connectivity index (χ1) is 7.79. The molecule has 0 unspecified atom stereocenters. The van der Waals surface area contributed by atoms with Crippen LogP contribution in [0.1, 0.15) is 50.5 Å². The van der Waals surface area contributed by atoms with Gasteiger partial charge in [-0.1, -0.05) is 49.6 Å². The topological polar surface area (TPSA) is 26.0 Å². The van der Waals surface area contributed by atoms with Crippen molar-refractivity contribution in [3.05, 3.63) is 35.9 Å². The minimum Gasteiger partial charge on any atom is -0.325 e. The second-order valence-corrected chi connectivity index (χ2v) is 5.26. The van der Waals surface area contributed by atoms with Crippen LogP contribution in [0.15, 0.2) is 30.3 Å². The highest BCUT2D eigenvalue weighted by Crippen LogP contribution is 2.30. The van der Waals surface area contributed by atoms with Gasteiger partial charge in [0.1, 0.15) is 0 Å². The third-order valence-electron chi connectivity index (χ3n) is 3.83. The molecule has 1 fully saturated rings. The molecule has 1 nitrogen and oxygen atoms in total. The van der Waals surface area contributed by atoms with Gasteiger partial charge >= 0.3 is 0 Å². The lowest BCUT2D eigenvalue weighted by atomic mass is 9.79. The van der Waals surface area contributed by atoms with Gasteiger partial charge in [0, 0.05) is 5.54 Å². The maximum absolute atomic E-state index is 6.42. The number of hydrogen-bond acceptors (Lipinski definition) is 1. The van der Waals surface area contributed by atoms with Crippen LogP contribution in [-0.2, 0) is 6.42 Å². The molecule has 1 aliphatic rings. The number of rotatable bonds is 4. The fourth-order valence-electron chi connectivity index (χ4n) is 2.80. The zero-order valence-corrected chi connectivity index (χ0v) is 10.1. The Bertz CT molecular complexity index is 298. The van der Waals surface area contributed by atoms with Gasteiger partial charge in [-0.25, -0.2) is 0 Å². The van der Waals surface area contributed by atoms with Gasteiger partial charge in [0.15, 0.2) is 0 Å². The van der Waals surface area contributed by atoms with Crippen molar-refractivity contribution in [2.45, 2.75) is 56.9 Å². The second-order valence-electron chi connectivity index (χ2n) is 5.26.